The van der Waals surface area contributed by atoms with Crippen LogP contribution in [0.15, 0.2) is 24.4 Å². The molecule has 0 aliphatic rings. The lowest BCUT2D eigenvalue weighted by atomic mass is 10.3. The second-order valence-electron chi connectivity index (χ2n) is 5.38. The minimum absolute atomic E-state index is 0.128. The average Bonchev–Trinajstić information content (AvgIpc) is 2.85. The van der Waals surface area contributed by atoms with Gasteiger partial charge in [0.15, 0.2) is 5.69 Å². The second-order valence-corrected chi connectivity index (χ2v) is 5.38. The zero-order valence-electron chi connectivity index (χ0n) is 13.5. The van der Waals surface area contributed by atoms with Crippen LogP contribution in [0.25, 0.3) is 5.65 Å². The van der Waals surface area contributed by atoms with E-state index in [1.165, 1.54) is 0 Å². The van der Waals surface area contributed by atoms with Gasteiger partial charge in [-0.25, -0.2) is 4.98 Å². The van der Waals surface area contributed by atoms with E-state index in [1.54, 1.807) is 0 Å². The van der Waals surface area contributed by atoms with Crippen LogP contribution in [0.4, 0.5) is 0 Å². The zero-order chi connectivity index (χ0) is 15.9. The smallest absolute Gasteiger partial charge is 0.271 e. The van der Waals surface area contributed by atoms with Crippen molar-refractivity contribution in [2.45, 2.75) is 19.9 Å². The Bertz CT molecular complexity index is 622. The van der Waals surface area contributed by atoms with Crippen LogP contribution in [-0.2, 0) is 11.3 Å². The Hall–Kier alpha value is -1.92. The molecule has 0 fully saturated rings. The van der Waals surface area contributed by atoms with Crippen LogP contribution >= 0.6 is 0 Å². The molecular weight excluding hydrogens is 280 g/mol. The first-order chi connectivity index (χ1) is 10.6. The molecule has 2 aromatic rings. The number of ether oxygens (including phenoxy) is 1. The molecule has 0 saturated heterocycles. The third kappa shape index (κ3) is 4.05. The summed E-state index contributed by atoms with van der Waals surface area (Å²) < 4.78 is 7.24. The number of carbonyl (C=O) groups is 1. The van der Waals surface area contributed by atoms with Crippen molar-refractivity contribution in [2.24, 2.45) is 0 Å². The molecule has 0 radical (unpaired) electrons. The summed E-state index contributed by atoms with van der Waals surface area (Å²) in [6, 6.07) is 5.77. The van der Waals surface area contributed by atoms with Gasteiger partial charge in [-0.15, -0.1) is 0 Å². The summed E-state index contributed by atoms with van der Waals surface area (Å²) in [5.41, 5.74) is 2.19. The summed E-state index contributed by atoms with van der Waals surface area (Å²) in [6.07, 6.45) is 2.74. The molecule has 0 aliphatic carbocycles. The second kappa shape index (κ2) is 7.91. The summed E-state index contributed by atoms with van der Waals surface area (Å²) in [5, 5.41) is 2.92. The van der Waals surface area contributed by atoms with E-state index in [9.17, 15) is 4.79 Å². The van der Waals surface area contributed by atoms with Gasteiger partial charge >= 0.3 is 0 Å². The third-order valence-corrected chi connectivity index (χ3v) is 3.27. The Morgan fingerprint density at radius 1 is 1.41 bits per heavy atom. The van der Waals surface area contributed by atoms with Crippen molar-refractivity contribution in [3.05, 3.63) is 35.8 Å². The van der Waals surface area contributed by atoms with Crippen molar-refractivity contribution in [3.8, 4) is 0 Å². The molecule has 0 saturated carbocycles. The number of nitrogens with zero attached hydrogens (tertiary/aromatic N) is 3. The first kappa shape index (κ1) is 16.5. The number of nitrogens with one attached hydrogen (secondary N) is 1. The number of imidazole rings is 1. The zero-order valence-corrected chi connectivity index (χ0v) is 13.5. The van der Waals surface area contributed by atoms with Crippen molar-refractivity contribution >= 4 is 11.6 Å². The SMILES string of the molecule is CCOCCCNC(=O)c1nc2ccccn2c1CN(C)C. The summed E-state index contributed by atoms with van der Waals surface area (Å²) in [4.78, 5) is 18.9. The van der Waals surface area contributed by atoms with Crippen molar-refractivity contribution in [1.82, 2.24) is 19.6 Å². The Morgan fingerprint density at radius 2 is 2.23 bits per heavy atom. The van der Waals surface area contributed by atoms with Crippen LogP contribution in [0.5, 0.6) is 0 Å². The van der Waals surface area contributed by atoms with E-state index < -0.39 is 0 Å². The minimum Gasteiger partial charge on any atom is -0.382 e. The fraction of sp³-hybridized carbons (Fsp3) is 0.500. The predicted molar refractivity (Wildman–Crippen MR) is 86.0 cm³/mol. The standard InChI is InChI=1S/C16H24N4O2/c1-4-22-11-7-9-17-16(21)15-13(12-19(2)3)20-10-6-5-8-14(20)18-15/h5-6,8,10H,4,7,9,11-12H2,1-3H3,(H,17,21). The average molecular weight is 304 g/mol. The number of carbonyl (C=O) groups excluding carboxylic acids is 1. The third-order valence-electron chi connectivity index (χ3n) is 3.27. The van der Waals surface area contributed by atoms with Crippen LogP contribution in [0.3, 0.4) is 0 Å². The van der Waals surface area contributed by atoms with E-state index in [-0.39, 0.29) is 5.91 Å². The van der Waals surface area contributed by atoms with Gasteiger partial charge in [0.2, 0.25) is 0 Å². The molecule has 0 unspecified atom stereocenters. The fourth-order valence-corrected chi connectivity index (χ4v) is 2.28. The number of aromatic nitrogens is 2. The molecule has 6 heteroatoms. The number of rotatable bonds is 8. The Balaban J connectivity index is 2.13. The molecule has 0 bridgehead atoms. The highest BCUT2D eigenvalue weighted by Crippen LogP contribution is 2.14. The Morgan fingerprint density at radius 3 is 2.95 bits per heavy atom. The van der Waals surface area contributed by atoms with E-state index in [2.05, 4.69) is 10.3 Å². The predicted octanol–water partition coefficient (Wildman–Crippen LogP) is 1.55. The van der Waals surface area contributed by atoms with Crippen LogP contribution < -0.4 is 5.32 Å². The van der Waals surface area contributed by atoms with Gasteiger partial charge in [-0.1, -0.05) is 6.07 Å². The van der Waals surface area contributed by atoms with E-state index >= 15 is 0 Å². The highest BCUT2D eigenvalue weighted by atomic mass is 16.5. The molecule has 0 aromatic carbocycles. The molecule has 22 heavy (non-hydrogen) atoms. The van der Waals surface area contributed by atoms with Crippen molar-refractivity contribution in [2.75, 3.05) is 33.9 Å². The van der Waals surface area contributed by atoms with Crippen molar-refractivity contribution in [1.29, 1.82) is 0 Å². The quantitative estimate of drug-likeness (QED) is 0.752. The molecule has 6 nitrogen and oxygen atoms in total. The maximum Gasteiger partial charge on any atom is 0.271 e. The lowest BCUT2D eigenvalue weighted by Gasteiger charge is -2.11. The molecule has 2 heterocycles. The van der Waals surface area contributed by atoms with Gasteiger partial charge in [0.1, 0.15) is 5.65 Å². The number of amides is 1. The number of hydrogen-bond acceptors (Lipinski definition) is 4. The van der Waals surface area contributed by atoms with Crippen LogP contribution in [-0.4, -0.2) is 54.0 Å². The summed E-state index contributed by atoms with van der Waals surface area (Å²) in [6.45, 7) is 4.57. The highest BCUT2D eigenvalue weighted by Gasteiger charge is 2.18. The summed E-state index contributed by atoms with van der Waals surface area (Å²) in [5.74, 6) is -0.128. The van der Waals surface area contributed by atoms with E-state index in [1.807, 2.05) is 54.7 Å². The van der Waals surface area contributed by atoms with Gasteiger partial charge in [0.05, 0.1) is 5.69 Å². The fourth-order valence-electron chi connectivity index (χ4n) is 2.28. The molecule has 2 aromatic heterocycles. The lowest BCUT2D eigenvalue weighted by Crippen LogP contribution is -2.27. The summed E-state index contributed by atoms with van der Waals surface area (Å²) >= 11 is 0. The number of pyridine rings is 1. The molecule has 0 aliphatic heterocycles. The van der Waals surface area contributed by atoms with E-state index in [0.29, 0.717) is 32.0 Å². The molecule has 0 spiro atoms. The Labute approximate surface area is 131 Å². The van der Waals surface area contributed by atoms with Crippen LogP contribution in [0.2, 0.25) is 0 Å². The minimum atomic E-state index is -0.128. The van der Waals surface area contributed by atoms with Gasteiger partial charge in [-0.2, -0.15) is 0 Å². The maximum absolute atomic E-state index is 12.4. The number of hydrogen-bond donors (Lipinski definition) is 1. The lowest BCUT2D eigenvalue weighted by molar-refractivity contribution is 0.0938. The first-order valence-corrected chi connectivity index (χ1v) is 7.60. The van der Waals surface area contributed by atoms with E-state index in [0.717, 1.165) is 17.8 Å². The topological polar surface area (TPSA) is 58.9 Å². The highest BCUT2D eigenvalue weighted by molar-refractivity contribution is 5.94. The van der Waals surface area contributed by atoms with Crippen molar-refractivity contribution < 1.29 is 9.53 Å². The van der Waals surface area contributed by atoms with Crippen LogP contribution in [0.1, 0.15) is 29.5 Å². The molecule has 120 valence electrons. The van der Waals surface area contributed by atoms with Crippen molar-refractivity contribution in [3.63, 3.8) is 0 Å². The molecule has 1 N–H and O–H groups in total. The molecule has 0 atom stereocenters. The largest absolute Gasteiger partial charge is 0.382 e. The van der Waals surface area contributed by atoms with Gasteiger partial charge in [-0.3, -0.25) is 4.79 Å². The van der Waals surface area contributed by atoms with E-state index in [4.69, 9.17) is 4.74 Å². The van der Waals surface area contributed by atoms with Gasteiger partial charge < -0.3 is 19.4 Å². The van der Waals surface area contributed by atoms with Gasteiger partial charge in [-0.05, 0) is 39.6 Å². The normalized spacial score (nSPS) is 11.3. The number of fused-ring (bicyclic) bond motifs is 1. The molecular formula is C16H24N4O2. The summed E-state index contributed by atoms with van der Waals surface area (Å²) in [7, 11) is 3.96. The maximum atomic E-state index is 12.4. The van der Waals surface area contributed by atoms with Crippen LogP contribution in [0, 0.1) is 0 Å². The molecule has 2 rings (SSSR count). The Kier molecular flexibility index (Phi) is 5.91. The molecule has 1 amide bonds. The van der Waals surface area contributed by atoms with Gasteiger partial charge in [0, 0.05) is 32.5 Å². The monoisotopic (exact) mass is 304 g/mol. The first-order valence-electron chi connectivity index (χ1n) is 7.60. The van der Waals surface area contributed by atoms with Gasteiger partial charge in [0.25, 0.3) is 5.91 Å².